The summed E-state index contributed by atoms with van der Waals surface area (Å²) in [7, 11) is 0. The molecule has 2 aromatic rings. The molecule has 3 N–H and O–H groups in total. The summed E-state index contributed by atoms with van der Waals surface area (Å²) in [6, 6.07) is 10.2. The number of carbonyl (C=O) groups is 2. The third-order valence-corrected chi connectivity index (χ3v) is 4.58. The van der Waals surface area contributed by atoms with Gasteiger partial charge >= 0.3 is 5.97 Å². The Labute approximate surface area is 145 Å². The molecule has 0 aliphatic carbocycles. The minimum absolute atomic E-state index is 0.308. The average Bonchev–Trinajstić information content (AvgIpc) is 2.45. The van der Waals surface area contributed by atoms with Crippen molar-refractivity contribution in [2.45, 2.75) is 13.8 Å². The van der Waals surface area contributed by atoms with Crippen LogP contribution in [-0.2, 0) is 0 Å². The highest BCUT2D eigenvalue weighted by Crippen LogP contribution is 2.17. The van der Waals surface area contributed by atoms with E-state index in [0.29, 0.717) is 11.1 Å². The van der Waals surface area contributed by atoms with Crippen LogP contribution in [0.4, 0.5) is 0 Å². The normalized spacial score (nSPS) is 9.64. The predicted octanol–water partition coefficient (Wildman–Crippen LogP) is 4.31. The van der Waals surface area contributed by atoms with Crippen molar-refractivity contribution in [1.29, 1.82) is 0 Å². The first-order chi connectivity index (χ1) is 10.2. The number of carboxylic acids is 1. The van der Waals surface area contributed by atoms with Gasteiger partial charge in [-0.25, -0.2) is 4.79 Å². The van der Waals surface area contributed by atoms with E-state index in [-0.39, 0.29) is 0 Å². The minimum atomic E-state index is -0.897. The maximum atomic E-state index is 10.7. The lowest BCUT2D eigenvalue weighted by atomic mass is 10.1. The number of carboxylic acid groups (broad SMARTS) is 1. The molecule has 0 atom stereocenters. The molecule has 0 aliphatic rings. The summed E-state index contributed by atoms with van der Waals surface area (Å²) >= 11 is 6.56. The molecule has 4 nitrogen and oxygen atoms in total. The van der Waals surface area contributed by atoms with Crippen molar-refractivity contribution in [3.63, 3.8) is 0 Å². The van der Waals surface area contributed by atoms with E-state index in [9.17, 15) is 9.59 Å². The molecular formula is C16H15Br2NO3. The Hall–Kier alpha value is -1.66. The smallest absolute Gasteiger partial charge is 0.335 e. The molecule has 0 saturated heterocycles. The van der Waals surface area contributed by atoms with Crippen LogP contribution in [0.25, 0.3) is 0 Å². The second-order valence-corrected chi connectivity index (χ2v) is 6.31. The van der Waals surface area contributed by atoms with Gasteiger partial charge in [0.15, 0.2) is 0 Å². The van der Waals surface area contributed by atoms with Gasteiger partial charge in [0, 0.05) is 14.5 Å². The highest BCUT2D eigenvalue weighted by atomic mass is 79.9. The molecule has 6 heteroatoms. The minimum Gasteiger partial charge on any atom is -0.478 e. The Kier molecular flexibility index (Phi) is 6.77. The molecule has 116 valence electrons. The first-order valence-electron chi connectivity index (χ1n) is 6.27. The van der Waals surface area contributed by atoms with Crippen molar-refractivity contribution < 1.29 is 14.7 Å². The number of amides is 1. The second kappa shape index (κ2) is 8.10. The lowest BCUT2D eigenvalue weighted by molar-refractivity contribution is 0.0696. The molecule has 0 spiro atoms. The first-order valence-corrected chi connectivity index (χ1v) is 7.86. The molecule has 0 saturated carbocycles. The molecule has 0 unspecified atom stereocenters. The van der Waals surface area contributed by atoms with E-state index in [1.165, 1.54) is 0 Å². The third kappa shape index (κ3) is 5.27. The predicted molar refractivity (Wildman–Crippen MR) is 93.2 cm³/mol. The Morgan fingerprint density at radius 2 is 1.32 bits per heavy atom. The molecule has 22 heavy (non-hydrogen) atoms. The largest absolute Gasteiger partial charge is 0.478 e. The maximum Gasteiger partial charge on any atom is 0.335 e. The van der Waals surface area contributed by atoms with Gasteiger partial charge in [-0.15, -0.1) is 0 Å². The van der Waals surface area contributed by atoms with Crippen LogP contribution in [0.2, 0.25) is 0 Å². The van der Waals surface area contributed by atoms with Gasteiger partial charge in [-0.2, -0.15) is 0 Å². The van der Waals surface area contributed by atoms with Crippen LogP contribution in [0.15, 0.2) is 45.3 Å². The third-order valence-electron chi connectivity index (χ3n) is 2.88. The lowest BCUT2D eigenvalue weighted by Crippen LogP contribution is -2.10. The van der Waals surface area contributed by atoms with E-state index in [0.717, 1.165) is 20.1 Å². The summed E-state index contributed by atoms with van der Waals surface area (Å²) in [5.74, 6) is -1.30. The van der Waals surface area contributed by atoms with E-state index in [1.54, 1.807) is 30.3 Å². The van der Waals surface area contributed by atoms with Gasteiger partial charge in [-0.3, -0.25) is 4.79 Å². The summed E-state index contributed by atoms with van der Waals surface area (Å²) in [5, 5.41) is 8.58. The number of halogens is 2. The average molecular weight is 429 g/mol. The number of nitrogens with two attached hydrogens (primary N) is 1. The van der Waals surface area contributed by atoms with Gasteiger partial charge in [0.2, 0.25) is 5.91 Å². The van der Waals surface area contributed by atoms with Crippen molar-refractivity contribution in [2.24, 2.45) is 5.73 Å². The maximum absolute atomic E-state index is 10.7. The fourth-order valence-corrected chi connectivity index (χ4v) is 2.23. The highest BCUT2D eigenvalue weighted by Gasteiger charge is 2.03. The molecular weight excluding hydrogens is 414 g/mol. The molecule has 0 aliphatic heterocycles. The van der Waals surface area contributed by atoms with Crippen LogP contribution < -0.4 is 5.73 Å². The van der Waals surface area contributed by atoms with E-state index >= 15 is 0 Å². The molecule has 0 radical (unpaired) electrons. The summed E-state index contributed by atoms with van der Waals surface area (Å²) in [4.78, 5) is 21.1. The number of hydrogen-bond acceptors (Lipinski definition) is 2. The summed E-state index contributed by atoms with van der Waals surface area (Å²) < 4.78 is 1.74. The number of rotatable bonds is 2. The molecule has 0 aromatic heterocycles. The number of carbonyl (C=O) groups excluding carboxylic acids is 1. The van der Waals surface area contributed by atoms with E-state index < -0.39 is 11.9 Å². The number of aryl methyl sites for hydroxylation is 2. The fraction of sp³-hybridized carbons (Fsp3) is 0.125. The van der Waals surface area contributed by atoms with Crippen molar-refractivity contribution >= 4 is 43.7 Å². The van der Waals surface area contributed by atoms with Gasteiger partial charge in [0.25, 0.3) is 0 Å². The molecule has 0 bridgehead atoms. The zero-order chi connectivity index (χ0) is 16.9. The van der Waals surface area contributed by atoms with E-state index in [2.05, 4.69) is 31.9 Å². The highest BCUT2D eigenvalue weighted by molar-refractivity contribution is 9.10. The van der Waals surface area contributed by atoms with Crippen molar-refractivity contribution in [3.8, 4) is 0 Å². The monoisotopic (exact) mass is 427 g/mol. The topological polar surface area (TPSA) is 80.4 Å². The summed E-state index contributed by atoms with van der Waals surface area (Å²) in [6.07, 6.45) is 0. The Balaban J connectivity index is 0.000000220. The van der Waals surface area contributed by atoms with Gasteiger partial charge < -0.3 is 10.8 Å². The zero-order valence-electron chi connectivity index (χ0n) is 12.1. The van der Waals surface area contributed by atoms with Gasteiger partial charge in [0.05, 0.1) is 5.56 Å². The first kappa shape index (κ1) is 18.4. The van der Waals surface area contributed by atoms with Crippen LogP contribution in [0.1, 0.15) is 31.8 Å². The quantitative estimate of drug-likeness (QED) is 0.747. The van der Waals surface area contributed by atoms with Crippen molar-refractivity contribution in [2.75, 3.05) is 0 Å². The summed E-state index contributed by atoms with van der Waals surface area (Å²) in [6.45, 7) is 3.87. The van der Waals surface area contributed by atoms with Crippen LogP contribution >= 0.6 is 31.9 Å². The van der Waals surface area contributed by atoms with Crippen LogP contribution in [0.5, 0.6) is 0 Å². The van der Waals surface area contributed by atoms with Crippen molar-refractivity contribution in [3.05, 3.63) is 67.6 Å². The Bertz CT molecular complexity index is 653. The van der Waals surface area contributed by atoms with E-state index in [4.69, 9.17) is 10.8 Å². The molecule has 0 fully saturated rings. The Morgan fingerprint density at radius 1 is 0.909 bits per heavy atom. The SMILES string of the molecule is Cc1ccc(C(=O)O)cc1Br.Cc1ccc(C(N)=O)cc1Br. The molecule has 0 heterocycles. The summed E-state index contributed by atoms with van der Waals surface area (Å²) in [5.41, 5.74) is 8.04. The molecule has 2 rings (SSSR count). The van der Waals surface area contributed by atoms with Crippen LogP contribution in [-0.4, -0.2) is 17.0 Å². The number of benzene rings is 2. The number of aromatic carboxylic acids is 1. The number of primary amides is 1. The molecule has 2 aromatic carbocycles. The molecule has 1 amide bonds. The van der Waals surface area contributed by atoms with Gasteiger partial charge in [-0.05, 0) is 49.2 Å². The number of hydrogen-bond donors (Lipinski definition) is 2. The standard InChI is InChI=1S/C8H8BrNO.C8H7BrO2/c2*1-5-2-3-6(8(10)11)4-7(5)9/h2-4H,1H3,(H2,10,11);2-4H,1H3,(H,10,11). The van der Waals surface area contributed by atoms with Crippen molar-refractivity contribution in [1.82, 2.24) is 0 Å². The van der Waals surface area contributed by atoms with E-state index in [1.807, 2.05) is 19.9 Å². The lowest BCUT2D eigenvalue weighted by Gasteiger charge is -1.98. The van der Waals surface area contributed by atoms with Crippen LogP contribution in [0.3, 0.4) is 0 Å². The fourth-order valence-electron chi connectivity index (χ4n) is 1.47. The zero-order valence-corrected chi connectivity index (χ0v) is 15.2. The van der Waals surface area contributed by atoms with Gasteiger partial charge in [-0.1, -0.05) is 44.0 Å². The second-order valence-electron chi connectivity index (χ2n) is 4.60. The van der Waals surface area contributed by atoms with Crippen LogP contribution in [0, 0.1) is 13.8 Å². The Morgan fingerprint density at radius 3 is 1.68 bits per heavy atom. The van der Waals surface area contributed by atoms with Gasteiger partial charge in [0.1, 0.15) is 0 Å².